The minimum Gasteiger partial charge on any atom is -0.360 e. The smallest absolute Gasteiger partial charge is 0.279 e. The number of aromatic nitrogens is 1. The lowest BCUT2D eigenvalue weighted by Gasteiger charge is -2.03. The maximum Gasteiger partial charge on any atom is 0.279 e. The Morgan fingerprint density at radius 2 is 1.76 bits per heavy atom. The Balaban J connectivity index is 2.66. The van der Waals surface area contributed by atoms with E-state index in [9.17, 15) is 25.0 Å². The van der Waals surface area contributed by atoms with Crippen LogP contribution in [0, 0.1) is 20.2 Å². The van der Waals surface area contributed by atoms with Crippen molar-refractivity contribution < 1.29 is 14.6 Å². The molecule has 0 bridgehead atoms. The highest BCUT2D eigenvalue weighted by Crippen LogP contribution is 2.39. The number of carbonyl (C=O) groups is 1. The predicted molar refractivity (Wildman–Crippen MR) is 74.5 cm³/mol. The van der Waals surface area contributed by atoms with E-state index < -0.39 is 9.85 Å². The minimum absolute atomic E-state index is 0.0926. The zero-order valence-electron chi connectivity index (χ0n) is 10.4. The van der Waals surface area contributed by atoms with Gasteiger partial charge in [-0.05, 0) is 6.07 Å². The molecule has 1 aromatic heterocycles. The fourth-order valence-electron chi connectivity index (χ4n) is 2.48. The van der Waals surface area contributed by atoms with Gasteiger partial charge in [0.1, 0.15) is 0 Å². The molecule has 0 aliphatic heterocycles. The maximum absolute atomic E-state index is 11.2. The number of aldehydes is 1. The third kappa shape index (κ3) is 1.73. The number of nitro benzene ring substituents is 2. The molecule has 0 aliphatic carbocycles. The molecule has 0 spiro atoms. The molecule has 8 heteroatoms. The maximum atomic E-state index is 11.2. The van der Waals surface area contributed by atoms with Gasteiger partial charge in [0.2, 0.25) is 0 Å². The molecule has 0 unspecified atom stereocenters. The standard InChI is InChI=1S/C13H7N3O5/c17-6-7-5-14-9-4-11(16(20)21)8-2-1-3-10(15(18)19)13(8)12(7)9/h1-6,14H. The van der Waals surface area contributed by atoms with E-state index in [0.717, 1.165) is 0 Å². The first-order chi connectivity index (χ1) is 10.0. The number of hydrogen-bond donors (Lipinski definition) is 1. The molecule has 21 heavy (non-hydrogen) atoms. The third-order valence-corrected chi connectivity index (χ3v) is 3.31. The van der Waals surface area contributed by atoms with Crippen molar-refractivity contribution in [3.8, 4) is 0 Å². The lowest BCUT2D eigenvalue weighted by molar-refractivity contribution is -0.384. The van der Waals surface area contributed by atoms with Crippen LogP contribution in [0.4, 0.5) is 11.4 Å². The van der Waals surface area contributed by atoms with E-state index in [0.29, 0.717) is 17.2 Å². The van der Waals surface area contributed by atoms with E-state index in [1.54, 1.807) is 0 Å². The largest absolute Gasteiger partial charge is 0.360 e. The number of rotatable bonds is 3. The number of benzene rings is 2. The van der Waals surface area contributed by atoms with Crippen LogP contribution in [0.15, 0.2) is 30.5 Å². The molecule has 8 nitrogen and oxygen atoms in total. The highest BCUT2D eigenvalue weighted by atomic mass is 16.6. The normalized spacial score (nSPS) is 10.9. The Morgan fingerprint density at radius 1 is 1.05 bits per heavy atom. The molecule has 0 fully saturated rings. The van der Waals surface area contributed by atoms with Crippen LogP contribution < -0.4 is 0 Å². The molecule has 0 atom stereocenters. The second-order valence-electron chi connectivity index (χ2n) is 4.39. The SMILES string of the molecule is O=Cc1c[nH]c2cc([N+](=O)[O-])c3cccc([N+](=O)[O-])c3c12. The minimum atomic E-state index is -0.618. The van der Waals surface area contributed by atoms with Gasteiger partial charge in [-0.3, -0.25) is 25.0 Å². The summed E-state index contributed by atoms with van der Waals surface area (Å²) in [6.07, 6.45) is 1.93. The number of hydrogen-bond acceptors (Lipinski definition) is 5. The first kappa shape index (κ1) is 12.7. The van der Waals surface area contributed by atoms with Gasteiger partial charge in [0.15, 0.2) is 6.29 Å². The molecule has 1 heterocycles. The summed E-state index contributed by atoms with van der Waals surface area (Å²) in [5.74, 6) is 0. The summed E-state index contributed by atoms with van der Waals surface area (Å²) >= 11 is 0. The van der Waals surface area contributed by atoms with Crippen molar-refractivity contribution in [3.05, 3.63) is 56.3 Å². The van der Waals surface area contributed by atoms with Gasteiger partial charge >= 0.3 is 0 Å². The molecule has 3 rings (SSSR count). The second-order valence-corrected chi connectivity index (χ2v) is 4.39. The van der Waals surface area contributed by atoms with Gasteiger partial charge in [-0.25, -0.2) is 0 Å². The van der Waals surface area contributed by atoms with E-state index >= 15 is 0 Å². The van der Waals surface area contributed by atoms with Gasteiger partial charge in [-0.2, -0.15) is 0 Å². The molecular weight excluding hydrogens is 278 g/mol. The number of non-ortho nitro benzene ring substituents is 2. The molecule has 2 aromatic carbocycles. The van der Waals surface area contributed by atoms with E-state index in [1.807, 2.05) is 0 Å². The number of carbonyl (C=O) groups excluding carboxylic acids is 1. The average molecular weight is 285 g/mol. The Bertz CT molecular complexity index is 928. The van der Waals surface area contributed by atoms with Crippen molar-refractivity contribution in [2.75, 3.05) is 0 Å². The number of H-pyrrole nitrogens is 1. The van der Waals surface area contributed by atoms with Gasteiger partial charge in [0, 0.05) is 29.3 Å². The Morgan fingerprint density at radius 3 is 2.38 bits per heavy atom. The number of nitrogens with one attached hydrogen (secondary N) is 1. The van der Waals surface area contributed by atoms with E-state index in [1.165, 1.54) is 30.5 Å². The summed E-state index contributed by atoms with van der Waals surface area (Å²) in [4.78, 5) is 35.0. The van der Waals surface area contributed by atoms with Crippen LogP contribution in [-0.2, 0) is 0 Å². The van der Waals surface area contributed by atoms with E-state index in [-0.39, 0.29) is 27.7 Å². The molecule has 0 amide bonds. The predicted octanol–water partition coefficient (Wildman–Crippen LogP) is 2.95. The summed E-state index contributed by atoms with van der Waals surface area (Å²) in [5.41, 5.74) is 0.00852. The van der Waals surface area contributed by atoms with Crippen molar-refractivity contribution in [2.24, 2.45) is 0 Å². The van der Waals surface area contributed by atoms with Crippen LogP contribution in [0.2, 0.25) is 0 Å². The first-order valence-electron chi connectivity index (χ1n) is 5.85. The molecule has 1 N–H and O–H groups in total. The molecule has 3 aromatic rings. The van der Waals surface area contributed by atoms with Crippen molar-refractivity contribution in [3.63, 3.8) is 0 Å². The van der Waals surface area contributed by atoms with Crippen molar-refractivity contribution in [1.29, 1.82) is 0 Å². The van der Waals surface area contributed by atoms with Gasteiger partial charge in [0.05, 0.1) is 26.1 Å². The average Bonchev–Trinajstić information content (AvgIpc) is 2.88. The quantitative estimate of drug-likeness (QED) is 0.450. The van der Waals surface area contributed by atoms with Crippen LogP contribution in [0.3, 0.4) is 0 Å². The molecule has 104 valence electrons. The number of fused-ring (bicyclic) bond motifs is 3. The number of nitro groups is 2. The lowest BCUT2D eigenvalue weighted by Crippen LogP contribution is -1.95. The summed E-state index contributed by atoms with van der Waals surface area (Å²) in [5, 5.41) is 22.9. The number of aromatic amines is 1. The lowest BCUT2D eigenvalue weighted by atomic mass is 10.0. The van der Waals surface area contributed by atoms with Gasteiger partial charge in [-0.1, -0.05) is 6.07 Å². The van der Waals surface area contributed by atoms with E-state index in [2.05, 4.69) is 4.98 Å². The Hall–Kier alpha value is -3.29. The van der Waals surface area contributed by atoms with Crippen LogP contribution >= 0.6 is 0 Å². The molecule has 0 saturated heterocycles. The fraction of sp³-hybridized carbons (Fsp3) is 0. The summed E-state index contributed by atoms with van der Waals surface area (Å²) in [7, 11) is 0. The number of nitrogens with zero attached hydrogens (tertiary/aromatic N) is 2. The van der Waals surface area contributed by atoms with E-state index in [4.69, 9.17) is 0 Å². The molecule has 0 radical (unpaired) electrons. The molecule has 0 saturated carbocycles. The fourth-order valence-corrected chi connectivity index (χ4v) is 2.48. The van der Waals surface area contributed by atoms with Crippen LogP contribution in [-0.4, -0.2) is 21.1 Å². The Kier molecular flexibility index (Phi) is 2.65. The van der Waals surface area contributed by atoms with Crippen molar-refractivity contribution in [2.45, 2.75) is 0 Å². The summed E-state index contributed by atoms with van der Waals surface area (Å²) in [6, 6.07) is 5.34. The zero-order valence-corrected chi connectivity index (χ0v) is 10.4. The summed E-state index contributed by atoms with van der Waals surface area (Å²) in [6.45, 7) is 0. The molecular formula is C13H7N3O5. The molecule has 0 aliphatic rings. The monoisotopic (exact) mass is 285 g/mol. The van der Waals surface area contributed by atoms with Crippen LogP contribution in [0.25, 0.3) is 21.7 Å². The van der Waals surface area contributed by atoms with Gasteiger partial charge in [0.25, 0.3) is 11.4 Å². The van der Waals surface area contributed by atoms with Gasteiger partial charge in [-0.15, -0.1) is 0 Å². The summed E-state index contributed by atoms with van der Waals surface area (Å²) < 4.78 is 0. The highest BCUT2D eigenvalue weighted by molar-refractivity contribution is 6.19. The second kappa shape index (κ2) is 4.37. The first-order valence-corrected chi connectivity index (χ1v) is 5.85. The topological polar surface area (TPSA) is 119 Å². The van der Waals surface area contributed by atoms with Gasteiger partial charge < -0.3 is 4.98 Å². The third-order valence-electron chi connectivity index (χ3n) is 3.31. The Labute approximate surface area is 116 Å². The van der Waals surface area contributed by atoms with Crippen molar-refractivity contribution in [1.82, 2.24) is 4.98 Å². The van der Waals surface area contributed by atoms with Crippen LogP contribution in [0.5, 0.6) is 0 Å². The van der Waals surface area contributed by atoms with Crippen molar-refractivity contribution >= 4 is 39.3 Å². The zero-order chi connectivity index (χ0) is 15.1. The highest BCUT2D eigenvalue weighted by Gasteiger charge is 2.24. The van der Waals surface area contributed by atoms with Crippen LogP contribution in [0.1, 0.15) is 10.4 Å².